The number of likely N-dealkylation sites (tertiary alicyclic amines) is 1. The summed E-state index contributed by atoms with van der Waals surface area (Å²) in [6, 6.07) is 0.769. The molecule has 0 radical (unpaired) electrons. The van der Waals surface area contributed by atoms with Gasteiger partial charge in [0, 0.05) is 25.7 Å². The number of fused-ring (bicyclic) bond motifs is 1. The molecule has 116 valence electrons. The zero-order valence-corrected chi connectivity index (χ0v) is 13.8. The van der Waals surface area contributed by atoms with Gasteiger partial charge < -0.3 is 10.2 Å². The lowest BCUT2D eigenvalue weighted by atomic mass is 9.73. The van der Waals surface area contributed by atoms with Gasteiger partial charge in [0.25, 0.3) is 0 Å². The fraction of sp³-hybridized carbons (Fsp3) is 1.00. The van der Waals surface area contributed by atoms with Crippen LogP contribution in [0.3, 0.4) is 0 Å². The Kier molecular flexibility index (Phi) is 4.72. The van der Waals surface area contributed by atoms with Gasteiger partial charge in [-0.05, 0) is 68.7 Å². The number of hydrogen-bond donors (Lipinski definition) is 1. The minimum Gasteiger partial charge on any atom is -0.317 e. The highest BCUT2D eigenvalue weighted by Crippen LogP contribution is 2.40. The van der Waals surface area contributed by atoms with Crippen LogP contribution in [0.4, 0.5) is 0 Å². The fourth-order valence-electron chi connectivity index (χ4n) is 5.30. The second kappa shape index (κ2) is 6.36. The van der Waals surface area contributed by atoms with Gasteiger partial charge in [0.1, 0.15) is 0 Å². The van der Waals surface area contributed by atoms with Gasteiger partial charge in [-0.2, -0.15) is 0 Å². The molecule has 20 heavy (non-hydrogen) atoms. The molecule has 3 fully saturated rings. The molecular weight excluding hydrogens is 244 g/mol. The smallest absolute Gasteiger partial charge is 0.0105 e. The number of hydrogen-bond acceptors (Lipinski definition) is 2. The Hall–Kier alpha value is -0.0800. The second-order valence-corrected chi connectivity index (χ2v) is 8.14. The maximum absolute atomic E-state index is 3.61. The molecular formula is C18H34N2. The molecule has 0 amide bonds. The van der Waals surface area contributed by atoms with E-state index >= 15 is 0 Å². The zero-order valence-electron chi connectivity index (χ0n) is 13.8. The van der Waals surface area contributed by atoms with E-state index in [4.69, 9.17) is 0 Å². The van der Waals surface area contributed by atoms with E-state index in [1.165, 1.54) is 58.2 Å². The van der Waals surface area contributed by atoms with Crippen molar-refractivity contribution in [1.29, 1.82) is 0 Å². The minimum absolute atomic E-state index is 0.769. The van der Waals surface area contributed by atoms with Crippen LogP contribution in [0.15, 0.2) is 0 Å². The first-order valence-electron chi connectivity index (χ1n) is 9.07. The van der Waals surface area contributed by atoms with Gasteiger partial charge in [-0.3, -0.25) is 0 Å². The molecule has 3 aliphatic rings. The van der Waals surface area contributed by atoms with Gasteiger partial charge in [0.2, 0.25) is 0 Å². The summed E-state index contributed by atoms with van der Waals surface area (Å²) in [5.41, 5.74) is 0. The van der Waals surface area contributed by atoms with Crippen LogP contribution >= 0.6 is 0 Å². The molecule has 2 aliphatic carbocycles. The Balaban J connectivity index is 1.56. The molecule has 1 heterocycles. The summed E-state index contributed by atoms with van der Waals surface area (Å²) in [4.78, 5) is 2.81. The van der Waals surface area contributed by atoms with E-state index < -0.39 is 0 Å². The van der Waals surface area contributed by atoms with E-state index in [1.807, 2.05) is 0 Å². The first kappa shape index (κ1) is 14.8. The van der Waals surface area contributed by atoms with E-state index in [-0.39, 0.29) is 0 Å². The van der Waals surface area contributed by atoms with Crippen LogP contribution in [0, 0.1) is 29.6 Å². The van der Waals surface area contributed by atoms with Crippen LogP contribution in [0.5, 0.6) is 0 Å². The summed E-state index contributed by atoms with van der Waals surface area (Å²) in [6.45, 7) is 9.01. The fourth-order valence-corrected chi connectivity index (χ4v) is 5.30. The summed E-state index contributed by atoms with van der Waals surface area (Å²) >= 11 is 0. The van der Waals surface area contributed by atoms with Crippen LogP contribution < -0.4 is 5.32 Å². The number of nitrogens with zero attached hydrogens (tertiary/aromatic N) is 1. The molecule has 1 aliphatic heterocycles. The van der Waals surface area contributed by atoms with Gasteiger partial charge in [0.05, 0.1) is 0 Å². The topological polar surface area (TPSA) is 15.3 Å². The third kappa shape index (κ3) is 3.06. The zero-order chi connectivity index (χ0) is 14.1. The normalized spacial score (nSPS) is 42.3. The summed E-state index contributed by atoms with van der Waals surface area (Å²) in [5.74, 6) is 4.82. The third-order valence-corrected chi connectivity index (χ3v) is 6.63. The molecule has 3 rings (SSSR count). The van der Waals surface area contributed by atoms with Crippen LogP contribution in [-0.4, -0.2) is 37.6 Å². The lowest BCUT2D eigenvalue weighted by Gasteiger charge is -2.39. The molecule has 1 N–H and O–H groups in total. The van der Waals surface area contributed by atoms with Crippen molar-refractivity contribution in [1.82, 2.24) is 10.2 Å². The van der Waals surface area contributed by atoms with Crippen molar-refractivity contribution in [2.24, 2.45) is 29.6 Å². The maximum atomic E-state index is 3.61. The number of nitrogens with one attached hydrogen (secondary N) is 1. The molecule has 2 nitrogen and oxygen atoms in total. The second-order valence-electron chi connectivity index (χ2n) is 8.14. The summed E-state index contributed by atoms with van der Waals surface area (Å²) in [5, 5.41) is 3.61. The van der Waals surface area contributed by atoms with Crippen molar-refractivity contribution in [3.8, 4) is 0 Å². The molecule has 1 saturated heterocycles. The van der Waals surface area contributed by atoms with Gasteiger partial charge in [-0.25, -0.2) is 0 Å². The van der Waals surface area contributed by atoms with E-state index in [9.17, 15) is 0 Å². The highest BCUT2D eigenvalue weighted by atomic mass is 15.2. The molecule has 5 unspecified atom stereocenters. The van der Waals surface area contributed by atoms with Crippen molar-refractivity contribution in [3.05, 3.63) is 0 Å². The van der Waals surface area contributed by atoms with Crippen LogP contribution in [0.25, 0.3) is 0 Å². The predicted molar refractivity (Wildman–Crippen MR) is 85.8 cm³/mol. The quantitative estimate of drug-likeness (QED) is 0.848. The standard InChI is InChI=1S/C18H34N2/c1-13(2)14-7-8-18(19-3)17(9-14)12-20-10-15-5-4-6-16(15)11-20/h13-19H,4-12H2,1-3H3. The molecule has 0 bridgehead atoms. The van der Waals surface area contributed by atoms with Gasteiger partial charge in [-0.1, -0.05) is 20.3 Å². The lowest BCUT2D eigenvalue weighted by Crippen LogP contribution is -2.45. The Labute approximate surface area is 125 Å². The summed E-state index contributed by atoms with van der Waals surface area (Å²) in [6.07, 6.45) is 8.80. The molecule has 2 saturated carbocycles. The van der Waals surface area contributed by atoms with E-state index in [0.29, 0.717) is 0 Å². The Morgan fingerprint density at radius 1 is 1.05 bits per heavy atom. The first-order valence-corrected chi connectivity index (χ1v) is 9.07. The van der Waals surface area contributed by atoms with Crippen molar-refractivity contribution < 1.29 is 0 Å². The average molecular weight is 278 g/mol. The average Bonchev–Trinajstić information content (AvgIpc) is 2.99. The predicted octanol–water partition coefficient (Wildman–Crippen LogP) is 3.38. The van der Waals surface area contributed by atoms with E-state index in [0.717, 1.165) is 35.6 Å². The Bertz CT molecular complexity index is 303. The molecule has 5 atom stereocenters. The lowest BCUT2D eigenvalue weighted by molar-refractivity contribution is 0.132. The van der Waals surface area contributed by atoms with Crippen LogP contribution in [0.2, 0.25) is 0 Å². The van der Waals surface area contributed by atoms with Crippen molar-refractivity contribution in [2.75, 3.05) is 26.7 Å². The van der Waals surface area contributed by atoms with Crippen molar-refractivity contribution >= 4 is 0 Å². The molecule has 0 spiro atoms. The van der Waals surface area contributed by atoms with Gasteiger partial charge >= 0.3 is 0 Å². The van der Waals surface area contributed by atoms with Crippen molar-refractivity contribution in [2.45, 2.75) is 58.4 Å². The minimum atomic E-state index is 0.769. The maximum Gasteiger partial charge on any atom is 0.0105 e. The SMILES string of the molecule is CNC1CCC(C(C)C)CC1CN1CC2CCCC2C1. The molecule has 0 aromatic carbocycles. The highest BCUT2D eigenvalue weighted by Gasteiger charge is 2.38. The largest absolute Gasteiger partial charge is 0.317 e. The van der Waals surface area contributed by atoms with Crippen LogP contribution in [0.1, 0.15) is 52.4 Å². The van der Waals surface area contributed by atoms with Crippen molar-refractivity contribution in [3.63, 3.8) is 0 Å². The van der Waals surface area contributed by atoms with Gasteiger partial charge in [-0.15, -0.1) is 0 Å². The highest BCUT2D eigenvalue weighted by molar-refractivity contribution is 4.92. The monoisotopic (exact) mass is 278 g/mol. The number of rotatable bonds is 4. The Morgan fingerprint density at radius 2 is 1.75 bits per heavy atom. The Morgan fingerprint density at radius 3 is 2.35 bits per heavy atom. The third-order valence-electron chi connectivity index (χ3n) is 6.63. The van der Waals surface area contributed by atoms with E-state index in [1.54, 1.807) is 0 Å². The summed E-state index contributed by atoms with van der Waals surface area (Å²) in [7, 11) is 2.17. The molecule has 0 aromatic heterocycles. The van der Waals surface area contributed by atoms with E-state index in [2.05, 4.69) is 31.1 Å². The first-order chi connectivity index (χ1) is 9.67. The summed E-state index contributed by atoms with van der Waals surface area (Å²) < 4.78 is 0. The van der Waals surface area contributed by atoms with Gasteiger partial charge in [0.15, 0.2) is 0 Å². The van der Waals surface area contributed by atoms with Crippen LogP contribution in [-0.2, 0) is 0 Å². The molecule has 2 heteroatoms. The molecule has 0 aromatic rings.